The monoisotopic (exact) mass is 629 g/mol. The van der Waals surface area contributed by atoms with E-state index in [2.05, 4.69) is 25.6 Å². The van der Waals surface area contributed by atoms with E-state index in [1.165, 1.54) is 0 Å². The molecule has 3 aliphatic rings. The summed E-state index contributed by atoms with van der Waals surface area (Å²) in [6.45, 7) is 6.02. The van der Waals surface area contributed by atoms with Gasteiger partial charge in [-0.1, -0.05) is 0 Å². The van der Waals surface area contributed by atoms with Crippen LogP contribution in [0.2, 0.25) is 0 Å². The molecule has 0 radical (unpaired) electrons. The Morgan fingerprint density at radius 1 is 0.682 bits per heavy atom. The fraction of sp³-hybridized carbons (Fsp3) is 0.444. The van der Waals surface area contributed by atoms with Gasteiger partial charge in [-0.2, -0.15) is 31.4 Å². The number of hydrogen-bond donors (Lipinski definition) is 4. The molecule has 0 unspecified atom stereocenters. The Labute approximate surface area is 249 Å². The largest absolute Gasteiger partial charge is 0.416 e. The Bertz CT molecular complexity index is 1360. The second-order valence-electron chi connectivity index (χ2n) is 10.2. The minimum atomic E-state index is -4.47. The first-order valence-electron chi connectivity index (χ1n) is 13.6. The van der Waals surface area contributed by atoms with Gasteiger partial charge in [-0.05, 0) is 47.5 Å². The quantitative estimate of drug-likeness (QED) is 0.216. The number of nitrogens with one attached hydrogen (secondary N) is 1. The third-order valence-corrected chi connectivity index (χ3v) is 6.73. The lowest BCUT2D eigenvalue weighted by molar-refractivity contribution is -0.138. The topological polar surface area (TPSA) is 152 Å². The van der Waals surface area contributed by atoms with E-state index in [4.69, 9.17) is 26.7 Å². The van der Waals surface area contributed by atoms with Crippen molar-refractivity contribution in [1.82, 2.24) is 9.80 Å². The number of benzene rings is 2. The molecule has 0 aromatic heterocycles. The number of anilines is 2. The Hall–Kier alpha value is -3.93. The van der Waals surface area contributed by atoms with Gasteiger partial charge in [0.2, 0.25) is 0 Å². The van der Waals surface area contributed by atoms with Gasteiger partial charge in [0.15, 0.2) is 17.4 Å². The van der Waals surface area contributed by atoms with Crippen molar-refractivity contribution in [2.45, 2.75) is 25.4 Å². The number of ether oxygens (including phenoxy) is 2. The highest BCUT2D eigenvalue weighted by Gasteiger charge is 2.32. The maximum atomic E-state index is 13.2. The van der Waals surface area contributed by atoms with Gasteiger partial charge in [-0.15, -0.1) is 10.2 Å². The van der Waals surface area contributed by atoms with Gasteiger partial charge in [-0.25, -0.2) is 0 Å². The van der Waals surface area contributed by atoms with Crippen LogP contribution in [-0.2, 0) is 34.9 Å². The van der Waals surface area contributed by atoms with Crippen molar-refractivity contribution in [1.29, 1.82) is 0 Å². The Morgan fingerprint density at radius 3 is 1.61 bits per heavy atom. The third kappa shape index (κ3) is 9.54. The second-order valence-corrected chi connectivity index (χ2v) is 10.2. The maximum Gasteiger partial charge on any atom is 0.416 e. The molecule has 2 fully saturated rings. The molecule has 5 rings (SSSR count). The third-order valence-electron chi connectivity index (χ3n) is 6.73. The van der Waals surface area contributed by atoms with Crippen LogP contribution in [0.25, 0.3) is 0 Å². The van der Waals surface area contributed by atoms with Gasteiger partial charge in [0.1, 0.15) is 0 Å². The molecule has 3 heterocycles. The predicted molar refractivity (Wildman–Crippen MR) is 154 cm³/mol. The zero-order valence-electron chi connectivity index (χ0n) is 23.6. The number of hydrogen-bond acceptors (Lipinski definition) is 11. The van der Waals surface area contributed by atoms with Crippen LogP contribution in [0.5, 0.6) is 0 Å². The summed E-state index contributed by atoms with van der Waals surface area (Å²) in [5.41, 5.74) is 19.3. The number of nitrogen functional groups attached to an aromatic ring is 1. The molecule has 17 heteroatoms. The molecule has 2 saturated heterocycles. The van der Waals surface area contributed by atoms with Gasteiger partial charge < -0.3 is 26.7 Å². The summed E-state index contributed by atoms with van der Waals surface area (Å²) >= 11 is 0. The van der Waals surface area contributed by atoms with Gasteiger partial charge in [0.25, 0.3) is 0 Å². The van der Waals surface area contributed by atoms with E-state index in [-0.39, 0.29) is 28.8 Å². The van der Waals surface area contributed by atoms with E-state index in [9.17, 15) is 26.3 Å². The van der Waals surface area contributed by atoms with Crippen LogP contribution < -0.4 is 22.6 Å². The van der Waals surface area contributed by atoms with Gasteiger partial charge in [0.05, 0.1) is 43.2 Å². The lowest BCUT2D eigenvalue weighted by atomic mass is 10.1. The first-order valence-corrected chi connectivity index (χ1v) is 13.6. The zero-order chi connectivity index (χ0) is 31.9. The van der Waals surface area contributed by atoms with E-state index in [0.717, 1.165) is 37.4 Å². The zero-order valence-corrected chi connectivity index (χ0v) is 23.6. The van der Waals surface area contributed by atoms with Crippen molar-refractivity contribution in [2.75, 3.05) is 63.8 Å². The normalized spacial score (nSPS) is 18.3. The van der Waals surface area contributed by atoms with E-state index >= 15 is 0 Å². The fourth-order valence-electron chi connectivity index (χ4n) is 4.59. The van der Waals surface area contributed by atoms with Crippen LogP contribution in [-0.4, -0.2) is 79.8 Å². The molecule has 0 spiro atoms. The number of nitrogens with two attached hydrogens (primary N) is 3. The second kappa shape index (κ2) is 14.2. The number of amidine groups is 2. The van der Waals surface area contributed by atoms with Crippen LogP contribution in [0.1, 0.15) is 22.3 Å². The molecule has 7 N–H and O–H groups in total. The number of halogens is 6. The highest BCUT2D eigenvalue weighted by atomic mass is 19.4. The molecule has 11 nitrogen and oxygen atoms in total. The van der Waals surface area contributed by atoms with E-state index in [1.807, 2.05) is 4.90 Å². The smallest absolute Gasteiger partial charge is 0.399 e. The molecule has 0 amide bonds. The summed E-state index contributed by atoms with van der Waals surface area (Å²) in [7, 11) is 0. The highest BCUT2D eigenvalue weighted by Crippen LogP contribution is 2.33. The molecule has 3 aliphatic heterocycles. The van der Waals surface area contributed by atoms with Crippen LogP contribution in [0.4, 0.5) is 37.7 Å². The first-order chi connectivity index (χ1) is 20.8. The maximum absolute atomic E-state index is 13.2. The lowest BCUT2D eigenvalue weighted by Crippen LogP contribution is -2.35. The van der Waals surface area contributed by atoms with E-state index in [1.54, 1.807) is 12.1 Å². The van der Waals surface area contributed by atoms with Crippen molar-refractivity contribution in [2.24, 2.45) is 26.8 Å². The van der Waals surface area contributed by atoms with Crippen molar-refractivity contribution in [3.8, 4) is 0 Å². The molecular formula is C27H33F6N9O2. The minimum Gasteiger partial charge on any atom is -0.399 e. The molecule has 2 aromatic carbocycles. The molecule has 0 aliphatic carbocycles. The SMILES string of the molecule is NC1=NN=C(N)C1=NNc1cc(CN2CCOCC2)cc(C(F)(F)F)c1.Nc1cc(CN2CCOCC2)cc(C(F)(F)F)c1. The van der Waals surface area contributed by atoms with E-state index in [0.29, 0.717) is 63.7 Å². The average Bonchev–Trinajstić information content (AvgIpc) is 3.28. The van der Waals surface area contributed by atoms with Gasteiger partial charge >= 0.3 is 12.4 Å². The summed E-state index contributed by atoms with van der Waals surface area (Å²) in [6, 6.07) is 7.42. The van der Waals surface area contributed by atoms with Crippen molar-refractivity contribution in [3.63, 3.8) is 0 Å². The standard InChI is InChI=1S/C15H18F3N7O.C12H15F3N2O/c16-15(17,18)10-5-9(8-25-1-3-26-4-2-25)6-11(7-10)21-22-12-13(19)23-24-14(12)20;13-12(14,15)10-5-9(6-11(16)7-10)8-17-1-3-18-4-2-17/h5-7,21H,1-4,8H2,(H4,19,20,22,23,24);5-7H,1-4,8,16H2. The summed E-state index contributed by atoms with van der Waals surface area (Å²) in [5.74, 6) is -0.00830. The van der Waals surface area contributed by atoms with Crippen molar-refractivity contribution in [3.05, 3.63) is 58.7 Å². The number of hydrazone groups is 1. The molecule has 44 heavy (non-hydrogen) atoms. The summed E-state index contributed by atoms with van der Waals surface area (Å²) < 4.78 is 88.0. The lowest BCUT2D eigenvalue weighted by Gasteiger charge is -2.27. The van der Waals surface area contributed by atoms with Gasteiger partial charge in [0, 0.05) is 45.0 Å². The van der Waals surface area contributed by atoms with Crippen LogP contribution in [0.3, 0.4) is 0 Å². The number of nitrogens with zero attached hydrogens (tertiary/aromatic N) is 5. The van der Waals surface area contributed by atoms with Crippen LogP contribution >= 0.6 is 0 Å². The number of rotatable bonds is 6. The highest BCUT2D eigenvalue weighted by molar-refractivity contribution is 6.68. The summed E-state index contributed by atoms with van der Waals surface area (Å²) in [6.07, 6.45) is -8.83. The van der Waals surface area contributed by atoms with Gasteiger partial charge in [-0.3, -0.25) is 15.2 Å². The predicted octanol–water partition coefficient (Wildman–Crippen LogP) is 3.07. The molecule has 0 saturated carbocycles. The fourth-order valence-corrected chi connectivity index (χ4v) is 4.59. The molecule has 2 aromatic rings. The minimum absolute atomic E-state index is 0.00415. The number of alkyl halides is 6. The summed E-state index contributed by atoms with van der Waals surface area (Å²) in [4.78, 5) is 4.08. The Kier molecular flexibility index (Phi) is 10.7. The van der Waals surface area contributed by atoms with E-state index < -0.39 is 23.5 Å². The van der Waals surface area contributed by atoms with Crippen molar-refractivity contribution >= 4 is 28.8 Å². The Morgan fingerprint density at radius 2 is 1.14 bits per heavy atom. The average molecular weight is 630 g/mol. The molecular weight excluding hydrogens is 596 g/mol. The Balaban J connectivity index is 0.000000215. The van der Waals surface area contributed by atoms with Crippen LogP contribution in [0.15, 0.2) is 51.7 Å². The molecule has 0 bridgehead atoms. The molecule has 0 atom stereocenters. The number of morpholine rings is 2. The first kappa shape index (κ1) is 33.0. The van der Waals surface area contributed by atoms with Crippen molar-refractivity contribution < 1.29 is 35.8 Å². The summed E-state index contributed by atoms with van der Waals surface area (Å²) in [5, 5.41) is 11.0. The van der Waals surface area contributed by atoms with Crippen LogP contribution in [0, 0.1) is 0 Å². The molecule has 240 valence electrons.